The molecule has 1 amide bonds. The number of carbonyl (C=O) groups is 2. The number of hydrogen-bond donors (Lipinski definition) is 2. The van der Waals surface area contributed by atoms with Crippen LogP contribution in [0.2, 0.25) is 0 Å². The lowest BCUT2D eigenvalue weighted by molar-refractivity contribution is -0.113. The first kappa shape index (κ1) is 22.3. The highest BCUT2D eigenvalue weighted by atomic mass is 32.2. The zero-order chi connectivity index (χ0) is 23.4. The van der Waals surface area contributed by atoms with Crippen molar-refractivity contribution in [1.29, 1.82) is 0 Å². The van der Waals surface area contributed by atoms with Gasteiger partial charge in [-0.2, -0.15) is 0 Å². The van der Waals surface area contributed by atoms with E-state index in [0.29, 0.717) is 34.0 Å². The van der Waals surface area contributed by atoms with Gasteiger partial charge in [-0.3, -0.25) is 14.2 Å². The number of amides is 1. The number of thioether (sulfide) groups is 1. The van der Waals surface area contributed by atoms with E-state index in [1.807, 2.05) is 24.3 Å². The molecule has 4 rings (SSSR count). The van der Waals surface area contributed by atoms with E-state index in [2.05, 4.69) is 21.9 Å². The van der Waals surface area contributed by atoms with Crippen LogP contribution < -0.4 is 10.9 Å². The van der Waals surface area contributed by atoms with Crippen LogP contribution in [0.1, 0.15) is 17.3 Å². The zero-order valence-electron chi connectivity index (χ0n) is 18.0. The number of nitrogens with one attached hydrogen (secondary N) is 2. The molecule has 0 aliphatic rings. The third-order valence-corrected chi connectivity index (χ3v) is 5.88. The molecular formula is C24H22N4O4S. The molecule has 2 N–H and O–H groups in total. The van der Waals surface area contributed by atoms with Gasteiger partial charge in [0, 0.05) is 23.1 Å². The maximum absolute atomic E-state index is 13.1. The van der Waals surface area contributed by atoms with Gasteiger partial charge in [-0.1, -0.05) is 36.0 Å². The van der Waals surface area contributed by atoms with Gasteiger partial charge in [0.15, 0.2) is 5.16 Å². The Balaban J connectivity index is 1.53. The first-order chi connectivity index (χ1) is 16.0. The minimum Gasteiger partial charge on any atom is -0.462 e. The molecule has 8 nitrogen and oxygen atoms in total. The van der Waals surface area contributed by atoms with Crippen LogP contribution in [-0.4, -0.2) is 38.8 Å². The van der Waals surface area contributed by atoms with Gasteiger partial charge in [-0.25, -0.2) is 9.78 Å². The van der Waals surface area contributed by atoms with Gasteiger partial charge in [0.05, 0.1) is 17.9 Å². The number of carbonyl (C=O) groups excluding carboxylic acids is 2. The fraction of sp³-hybridized carbons (Fsp3) is 0.167. The number of H-pyrrole nitrogens is 1. The highest BCUT2D eigenvalue weighted by Gasteiger charge is 2.16. The second kappa shape index (κ2) is 9.74. The van der Waals surface area contributed by atoms with E-state index in [9.17, 15) is 14.4 Å². The van der Waals surface area contributed by atoms with Crippen molar-refractivity contribution in [3.63, 3.8) is 0 Å². The molecule has 0 aliphatic heterocycles. The van der Waals surface area contributed by atoms with Gasteiger partial charge in [-0.15, -0.1) is 6.58 Å². The topological polar surface area (TPSA) is 106 Å². The Labute approximate surface area is 193 Å². The summed E-state index contributed by atoms with van der Waals surface area (Å²) in [5, 5.41) is 4.07. The first-order valence-electron chi connectivity index (χ1n) is 10.3. The second-order valence-corrected chi connectivity index (χ2v) is 8.07. The summed E-state index contributed by atoms with van der Waals surface area (Å²) in [6, 6.07) is 14.0. The molecule has 0 spiro atoms. The number of ether oxygens (including phenoxy) is 1. The van der Waals surface area contributed by atoms with Crippen molar-refractivity contribution in [1.82, 2.24) is 14.5 Å². The minimum absolute atomic E-state index is 0.0527. The smallest absolute Gasteiger partial charge is 0.338 e. The predicted molar refractivity (Wildman–Crippen MR) is 130 cm³/mol. The molecule has 2 heterocycles. The van der Waals surface area contributed by atoms with Crippen LogP contribution >= 0.6 is 11.8 Å². The second-order valence-electron chi connectivity index (χ2n) is 7.13. The summed E-state index contributed by atoms with van der Waals surface area (Å²) in [7, 11) is 0. The van der Waals surface area contributed by atoms with Crippen molar-refractivity contribution in [3.05, 3.63) is 77.1 Å². The summed E-state index contributed by atoms with van der Waals surface area (Å²) >= 11 is 1.17. The number of nitrogens with zero attached hydrogens (tertiary/aromatic N) is 2. The Hall–Kier alpha value is -3.85. The largest absolute Gasteiger partial charge is 0.462 e. The Kier molecular flexibility index (Phi) is 6.60. The van der Waals surface area contributed by atoms with E-state index < -0.39 is 5.97 Å². The van der Waals surface area contributed by atoms with E-state index in [0.717, 1.165) is 10.9 Å². The van der Waals surface area contributed by atoms with Crippen LogP contribution in [0.25, 0.3) is 21.9 Å². The van der Waals surface area contributed by atoms with Crippen molar-refractivity contribution in [3.8, 4) is 0 Å². The molecule has 4 aromatic rings. The number of fused-ring (bicyclic) bond motifs is 3. The Morgan fingerprint density at radius 3 is 2.70 bits per heavy atom. The molecule has 168 valence electrons. The van der Waals surface area contributed by atoms with Crippen molar-refractivity contribution in [2.45, 2.75) is 18.6 Å². The summed E-state index contributed by atoms with van der Waals surface area (Å²) < 4.78 is 6.45. The molecule has 0 fully saturated rings. The monoisotopic (exact) mass is 462 g/mol. The van der Waals surface area contributed by atoms with Crippen LogP contribution in [-0.2, 0) is 16.1 Å². The van der Waals surface area contributed by atoms with E-state index in [1.165, 1.54) is 16.3 Å². The summed E-state index contributed by atoms with van der Waals surface area (Å²) in [4.78, 5) is 45.2. The number of allylic oxidation sites excluding steroid dienone is 1. The fourth-order valence-electron chi connectivity index (χ4n) is 3.41. The highest BCUT2D eigenvalue weighted by molar-refractivity contribution is 7.99. The first-order valence-corrected chi connectivity index (χ1v) is 11.3. The van der Waals surface area contributed by atoms with Gasteiger partial charge >= 0.3 is 5.97 Å². The quantitative estimate of drug-likeness (QED) is 0.178. The van der Waals surface area contributed by atoms with E-state index in [-0.39, 0.29) is 23.8 Å². The lowest BCUT2D eigenvalue weighted by Gasteiger charge is -2.10. The number of rotatable bonds is 8. The molecule has 33 heavy (non-hydrogen) atoms. The van der Waals surface area contributed by atoms with Crippen molar-refractivity contribution in [2.24, 2.45) is 0 Å². The summed E-state index contributed by atoms with van der Waals surface area (Å²) in [5.41, 5.74) is 2.58. The average molecular weight is 463 g/mol. The van der Waals surface area contributed by atoms with Crippen LogP contribution in [0.5, 0.6) is 0 Å². The molecule has 0 atom stereocenters. The van der Waals surface area contributed by atoms with Gasteiger partial charge in [0.25, 0.3) is 5.56 Å². The number of esters is 1. The van der Waals surface area contributed by atoms with Crippen LogP contribution in [0.3, 0.4) is 0 Å². The van der Waals surface area contributed by atoms with Gasteiger partial charge < -0.3 is 15.0 Å². The molecule has 9 heteroatoms. The number of benzene rings is 2. The summed E-state index contributed by atoms with van der Waals surface area (Å²) in [6.07, 6.45) is 1.62. The molecule has 2 aromatic carbocycles. The van der Waals surface area contributed by atoms with Crippen LogP contribution in [0, 0.1) is 0 Å². The zero-order valence-corrected chi connectivity index (χ0v) is 18.8. The van der Waals surface area contributed by atoms with Crippen LogP contribution in [0.4, 0.5) is 5.69 Å². The molecule has 0 saturated carbocycles. The van der Waals surface area contributed by atoms with Crippen molar-refractivity contribution >= 4 is 51.3 Å². The molecule has 0 radical (unpaired) electrons. The van der Waals surface area contributed by atoms with Crippen molar-refractivity contribution in [2.75, 3.05) is 17.7 Å². The molecular weight excluding hydrogens is 440 g/mol. The molecule has 0 bridgehead atoms. The number of anilines is 1. The SMILES string of the molecule is C=CCn1c(SCC(=O)Nc2ccc(C(=O)OCC)cc2)nc2c([nH]c3ccccc32)c1=O. The number of para-hydroxylation sites is 1. The molecule has 0 aliphatic carbocycles. The molecule has 0 unspecified atom stereocenters. The summed E-state index contributed by atoms with van der Waals surface area (Å²) in [5.74, 6) is -0.621. The highest BCUT2D eigenvalue weighted by Crippen LogP contribution is 2.24. The lowest BCUT2D eigenvalue weighted by Crippen LogP contribution is -2.23. The predicted octanol–water partition coefficient (Wildman–Crippen LogP) is 3.97. The normalized spacial score (nSPS) is 10.9. The number of aromatic nitrogens is 3. The van der Waals surface area contributed by atoms with Gasteiger partial charge in [-0.05, 0) is 37.3 Å². The van der Waals surface area contributed by atoms with E-state index in [4.69, 9.17) is 4.74 Å². The lowest BCUT2D eigenvalue weighted by atomic mass is 10.2. The average Bonchev–Trinajstić information content (AvgIpc) is 3.19. The Morgan fingerprint density at radius 1 is 1.21 bits per heavy atom. The van der Waals surface area contributed by atoms with Crippen molar-refractivity contribution < 1.29 is 14.3 Å². The Morgan fingerprint density at radius 2 is 1.97 bits per heavy atom. The van der Waals surface area contributed by atoms with Gasteiger partial charge in [0.1, 0.15) is 11.0 Å². The standard InChI is InChI=1S/C24H22N4O4S/c1-3-13-28-22(30)21-20(17-7-5-6-8-18(17)26-21)27-24(28)33-14-19(29)25-16-11-9-15(10-12-16)23(31)32-4-2/h3,5-12,26H,1,4,13-14H2,2H3,(H,25,29). The molecule has 2 aromatic heterocycles. The third-order valence-electron chi connectivity index (χ3n) is 4.90. The fourth-order valence-corrected chi connectivity index (χ4v) is 4.21. The number of hydrogen-bond acceptors (Lipinski definition) is 6. The summed E-state index contributed by atoms with van der Waals surface area (Å²) in [6.45, 7) is 6.03. The van der Waals surface area contributed by atoms with E-state index >= 15 is 0 Å². The maximum atomic E-state index is 13.1. The molecule has 0 saturated heterocycles. The third kappa shape index (κ3) is 4.68. The maximum Gasteiger partial charge on any atom is 0.338 e. The number of aromatic amines is 1. The Bertz CT molecular complexity index is 1410. The minimum atomic E-state index is -0.412. The van der Waals surface area contributed by atoms with Gasteiger partial charge in [0.2, 0.25) is 5.91 Å². The van der Waals surface area contributed by atoms with E-state index in [1.54, 1.807) is 37.3 Å². The van der Waals surface area contributed by atoms with Crippen LogP contribution in [0.15, 0.2) is 71.1 Å².